The van der Waals surface area contributed by atoms with Crippen LogP contribution in [0.15, 0.2) is 55.1 Å². The SMILES string of the molecule is COc1cnccc1C(=O)c1cncc2ccccc12. The molecule has 20 heavy (non-hydrogen) atoms. The summed E-state index contributed by atoms with van der Waals surface area (Å²) in [4.78, 5) is 20.8. The van der Waals surface area contributed by atoms with Crippen molar-refractivity contribution < 1.29 is 9.53 Å². The first-order valence-electron chi connectivity index (χ1n) is 6.16. The number of ketones is 1. The van der Waals surface area contributed by atoms with Crippen LogP contribution < -0.4 is 4.74 Å². The van der Waals surface area contributed by atoms with Crippen LogP contribution in [0.4, 0.5) is 0 Å². The maximum atomic E-state index is 12.7. The first kappa shape index (κ1) is 12.3. The Morgan fingerprint density at radius 3 is 2.70 bits per heavy atom. The minimum Gasteiger partial charge on any atom is -0.494 e. The van der Waals surface area contributed by atoms with Crippen LogP contribution in [0.2, 0.25) is 0 Å². The molecular weight excluding hydrogens is 252 g/mol. The van der Waals surface area contributed by atoms with E-state index in [-0.39, 0.29) is 5.78 Å². The van der Waals surface area contributed by atoms with E-state index < -0.39 is 0 Å². The Bertz CT molecular complexity index is 779. The number of rotatable bonds is 3. The molecule has 0 aliphatic carbocycles. The van der Waals surface area contributed by atoms with Gasteiger partial charge in [-0.05, 0) is 11.5 Å². The number of carbonyl (C=O) groups is 1. The van der Waals surface area contributed by atoms with Crippen LogP contribution in [0.25, 0.3) is 10.8 Å². The van der Waals surface area contributed by atoms with Gasteiger partial charge in [-0.25, -0.2) is 0 Å². The molecule has 0 amide bonds. The second-order valence-corrected chi connectivity index (χ2v) is 4.31. The van der Waals surface area contributed by atoms with E-state index in [4.69, 9.17) is 4.74 Å². The van der Waals surface area contributed by atoms with E-state index in [1.807, 2.05) is 24.3 Å². The topological polar surface area (TPSA) is 52.1 Å². The highest BCUT2D eigenvalue weighted by molar-refractivity contribution is 6.17. The van der Waals surface area contributed by atoms with Gasteiger partial charge in [0.1, 0.15) is 5.75 Å². The lowest BCUT2D eigenvalue weighted by Gasteiger charge is -2.08. The van der Waals surface area contributed by atoms with Crippen LogP contribution >= 0.6 is 0 Å². The molecule has 3 rings (SSSR count). The van der Waals surface area contributed by atoms with Gasteiger partial charge in [0.05, 0.1) is 18.9 Å². The second-order valence-electron chi connectivity index (χ2n) is 4.31. The van der Waals surface area contributed by atoms with Gasteiger partial charge in [-0.1, -0.05) is 24.3 Å². The van der Waals surface area contributed by atoms with Gasteiger partial charge in [-0.2, -0.15) is 0 Å². The van der Waals surface area contributed by atoms with Crippen LogP contribution in [-0.2, 0) is 0 Å². The van der Waals surface area contributed by atoms with Crippen molar-refractivity contribution in [3.8, 4) is 5.75 Å². The quantitative estimate of drug-likeness (QED) is 0.682. The van der Waals surface area contributed by atoms with Crippen LogP contribution in [0.5, 0.6) is 5.75 Å². The Morgan fingerprint density at radius 2 is 1.85 bits per heavy atom. The molecule has 0 unspecified atom stereocenters. The minimum absolute atomic E-state index is 0.117. The Kier molecular flexibility index (Phi) is 3.13. The molecule has 0 N–H and O–H groups in total. The van der Waals surface area contributed by atoms with E-state index in [0.717, 1.165) is 10.8 Å². The van der Waals surface area contributed by atoms with Gasteiger partial charge in [0.2, 0.25) is 0 Å². The zero-order chi connectivity index (χ0) is 13.9. The Labute approximate surface area is 116 Å². The van der Waals surface area contributed by atoms with Crippen molar-refractivity contribution in [2.75, 3.05) is 7.11 Å². The van der Waals surface area contributed by atoms with Crippen molar-refractivity contribution in [1.82, 2.24) is 9.97 Å². The highest BCUT2D eigenvalue weighted by Crippen LogP contribution is 2.24. The molecule has 0 atom stereocenters. The number of benzene rings is 1. The van der Waals surface area contributed by atoms with Gasteiger partial charge >= 0.3 is 0 Å². The van der Waals surface area contributed by atoms with Crippen molar-refractivity contribution in [3.63, 3.8) is 0 Å². The molecule has 0 bridgehead atoms. The monoisotopic (exact) mass is 264 g/mol. The fourth-order valence-electron chi connectivity index (χ4n) is 2.17. The van der Waals surface area contributed by atoms with Crippen molar-refractivity contribution in [3.05, 3.63) is 66.2 Å². The molecule has 4 nitrogen and oxygen atoms in total. The summed E-state index contributed by atoms with van der Waals surface area (Å²) < 4.78 is 5.20. The molecular formula is C16H12N2O2. The summed E-state index contributed by atoms with van der Waals surface area (Å²) in [5.41, 5.74) is 1.05. The third-order valence-electron chi connectivity index (χ3n) is 3.16. The van der Waals surface area contributed by atoms with E-state index in [1.165, 1.54) is 13.3 Å². The fourth-order valence-corrected chi connectivity index (χ4v) is 2.17. The zero-order valence-corrected chi connectivity index (χ0v) is 10.9. The number of ether oxygens (including phenoxy) is 1. The lowest BCUT2D eigenvalue weighted by Crippen LogP contribution is -2.05. The number of pyridine rings is 2. The molecule has 1 aromatic carbocycles. The summed E-state index contributed by atoms with van der Waals surface area (Å²) in [5.74, 6) is 0.346. The molecule has 0 aliphatic heterocycles. The summed E-state index contributed by atoms with van der Waals surface area (Å²) in [6.07, 6.45) is 6.44. The summed E-state index contributed by atoms with van der Waals surface area (Å²) in [6, 6.07) is 9.33. The van der Waals surface area contributed by atoms with Crippen molar-refractivity contribution in [1.29, 1.82) is 0 Å². The first-order chi connectivity index (χ1) is 9.81. The molecule has 0 radical (unpaired) electrons. The standard InChI is InChI=1S/C16H12N2O2/c1-20-15-10-17-7-6-13(15)16(19)14-9-18-8-11-4-2-3-5-12(11)14/h2-10H,1H3. The molecule has 98 valence electrons. The van der Waals surface area contributed by atoms with E-state index in [1.54, 1.807) is 24.7 Å². The second kappa shape index (κ2) is 5.09. The van der Waals surface area contributed by atoms with Gasteiger partial charge in [0, 0.05) is 29.5 Å². The predicted octanol–water partition coefficient (Wildman–Crippen LogP) is 2.87. The lowest BCUT2D eigenvalue weighted by molar-refractivity contribution is 0.103. The third kappa shape index (κ3) is 2.01. The van der Waals surface area contributed by atoms with Gasteiger partial charge < -0.3 is 4.74 Å². The minimum atomic E-state index is -0.117. The molecule has 3 aromatic rings. The molecule has 2 heterocycles. The van der Waals surface area contributed by atoms with Gasteiger partial charge in [0.15, 0.2) is 5.78 Å². The fraction of sp³-hybridized carbons (Fsp3) is 0.0625. The number of hydrogen-bond acceptors (Lipinski definition) is 4. The number of methoxy groups -OCH3 is 1. The predicted molar refractivity (Wildman–Crippen MR) is 76.0 cm³/mol. The average molecular weight is 264 g/mol. The van der Waals surface area contributed by atoms with Crippen molar-refractivity contribution >= 4 is 16.6 Å². The van der Waals surface area contributed by atoms with Crippen LogP contribution in [0.1, 0.15) is 15.9 Å². The maximum Gasteiger partial charge on any atom is 0.199 e. The van der Waals surface area contributed by atoms with Crippen molar-refractivity contribution in [2.24, 2.45) is 0 Å². The van der Waals surface area contributed by atoms with Crippen LogP contribution in [-0.4, -0.2) is 22.9 Å². The number of carbonyl (C=O) groups excluding carboxylic acids is 1. The Hall–Kier alpha value is -2.75. The molecule has 2 aromatic heterocycles. The van der Waals surface area contributed by atoms with Gasteiger partial charge in [0.25, 0.3) is 0 Å². The van der Waals surface area contributed by atoms with Gasteiger partial charge in [-0.15, -0.1) is 0 Å². The zero-order valence-electron chi connectivity index (χ0n) is 10.9. The molecule has 0 fully saturated rings. The lowest BCUT2D eigenvalue weighted by atomic mass is 10.00. The summed E-state index contributed by atoms with van der Waals surface area (Å²) in [5, 5.41) is 1.82. The van der Waals surface area contributed by atoms with Crippen molar-refractivity contribution in [2.45, 2.75) is 0 Å². The summed E-state index contributed by atoms with van der Waals surface area (Å²) in [6.45, 7) is 0. The average Bonchev–Trinajstić information content (AvgIpc) is 2.53. The van der Waals surface area contributed by atoms with Gasteiger partial charge in [-0.3, -0.25) is 14.8 Å². The molecule has 0 spiro atoms. The number of nitrogens with zero attached hydrogens (tertiary/aromatic N) is 2. The Morgan fingerprint density at radius 1 is 1.00 bits per heavy atom. The summed E-state index contributed by atoms with van der Waals surface area (Å²) >= 11 is 0. The van der Waals surface area contributed by atoms with E-state index in [2.05, 4.69) is 9.97 Å². The summed E-state index contributed by atoms with van der Waals surface area (Å²) in [7, 11) is 1.52. The number of hydrogen-bond donors (Lipinski definition) is 0. The number of fused-ring (bicyclic) bond motifs is 1. The van der Waals surface area contributed by atoms with E-state index in [0.29, 0.717) is 16.9 Å². The smallest absolute Gasteiger partial charge is 0.199 e. The van der Waals surface area contributed by atoms with Crippen LogP contribution in [0.3, 0.4) is 0 Å². The third-order valence-corrected chi connectivity index (χ3v) is 3.16. The molecule has 0 aliphatic rings. The maximum absolute atomic E-state index is 12.7. The highest BCUT2D eigenvalue weighted by atomic mass is 16.5. The molecule has 4 heteroatoms. The largest absolute Gasteiger partial charge is 0.494 e. The number of aromatic nitrogens is 2. The normalized spacial score (nSPS) is 10.4. The molecule has 0 saturated carbocycles. The Balaban J connectivity index is 2.18. The van der Waals surface area contributed by atoms with Crippen LogP contribution in [0, 0.1) is 0 Å². The molecule has 0 saturated heterocycles. The van der Waals surface area contributed by atoms with E-state index >= 15 is 0 Å². The van der Waals surface area contributed by atoms with E-state index in [9.17, 15) is 4.79 Å². The highest BCUT2D eigenvalue weighted by Gasteiger charge is 2.16. The first-order valence-corrected chi connectivity index (χ1v) is 6.16.